The van der Waals surface area contributed by atoms with Crippen molar-refractivity contribution in [2.45, 2.75) is 33.1 Å². The molecular formula is C19H34IN3O2. The normalized spacial score (nSPS) is 12.5. The molecule has 0 aliphatic carbocycles. The number of hydrogen-bond donors (Lipinski definition) is 2. The summed E-state index contributed by atoms with van der Waals surface area (Å²) in [6.07, 6.45) is 1.10. The maximum Gasteiger partial charge on any atom is 0.191 e. The molecule has 0 aliphatic rings. The smallest absolute Gasteiger partial charge is 0.191 e. The van der Waals surface area contributed by atoms with Crippen molar-refractivity contribution in [2.24, 2.45) is 10.9 Å². The van der Waals surface area contributed by atoms with Gasteiger partial charge in [-0.3, -0.25) is 4.99 Å². The van der Waals surface area contributed by atoms with Crippen LogP contribution in [0, 0.1) is 5.92 Å². The largest absolute Gasteiger partial charge is 0.496 e. The van der Waals surface area contributed by atoms with E-state index in [0.717, 1.165) is 37.8 Å². The second kappa shape index (κ2) is 14.2. The topological polar surface area (TPSA) is 54.9 Å². The molecule has 5 nitrogen and oxygen atoms in total. The van der Waals surface area contributed by atoms with Gasteiger partial charge in [-0.25, -0.2) is 0 Å². The van der Waals surface area contributed by atoms with Crippen LogP contribution in [0.4, 0.5) is 0 Å². The minimum Gasteiger partial charge on any atom is -0.496 e. The molecule has 6 heteroatoms. The van der Waals surface area contributed by atoms with Crippen LogP contribution in [0.1, 0.15) is 38.7 Å². The summed E-state index contributed by atoms with van der Waals surface area (Å²) in [5, 5.41) is 6.63. The highest BCUT2D eigenvalue weighted by Gasteiger charge is 2.11. The van der Waals surface area contributed by atoms with Crippen molar-refractivity contribution >= 4 is 29.9 Å². The van der Waals surface area contributed by atoms with Crippen LogP contribution in [0.15, 0.2) is 29.3 Å². The molecule has 0 spiro atoms. The van der Waals surface area contributed by atoms with Gasteiger partial charge in [0.1, 0.15) is 5.75 Å². The zero-order chi connectivity index (χ0) is 17.8. The van der Waals surface area contributed by atoms with Gasteiger partial charge in [0.25, 0.3) is 0 Å². The highest BCUT2D eigenvalue weighted by molar-refractivity contribution is 14.0. The molecule has 144 valence electrons. The SMILES string of the molecule is CN=C(NCCOCCC(C)C)NCC(C)c1ccccc1OC.I. The van der Waals surface area contributed by atoms with E-state index in [1.807, 2.05) is 18.2 Å². The molecule has 0 amide bonds. The van der Waals surface area contributed by atoms with Crippen molar-refractivity contribution in [3.8, 4) is 5.75 Å². The van der Waals surface area contributed by atoms with Crippen LogP contribution in [0.5, 0.6) is 5.75 Å². The van der Waals surface area contributed by atoms with Gasteiger partial charge in [-0.1, -0.05) is 39.0 Å². The zero-order valence-electron chi connectivity index (χ0n) is 16.2. The monoisotopic (exact) mass is 463 g/mol. The number of nitrogens with one attached hydrogen (secondary N) is 2. The van der Waals surface area contributed by atoms with Gasteiger partial charge in [-0.2, -0.15) is 0 Å². The number of halogens is 1. The van der Waals surface area contributed by atoms with Crippen LogP contribution in [0.3, 0.4) is 0 Å². The first-order valence-electron chi connectivity index (χ1n) is 8.73. The maximum atomic E-state index is 5.60. The van der Waals surface area contributed by atoms with Gasteiger partial charge in [0.15, 0.2) is 5.96 Å². The van der Waals surface area contributed by atoms with E-state index in [4.69, 9.17) is 9.47 Å². The molecule has 0 bridgehead atoms. The zero-order valence-corrected chi connectivity index (χ0v) is 18.5. The molecule has 0 saturated heterocycles. The summed E-state index contributed by atoms with van der Waals surface area (Å²) in [6, 6.07) is 8.12. The second-order valence-electron chi connectivity index (χ2n) is 6.32. The third kappa shape index (κ3) is 9.89. The summed E-state index contributed by atoms with van der Waals surface area (Å²) in [5.41, 5.74) is 1.19. The second-order valence-corrected chi connectivity index (χ2v) is 6.32. The molecule has 1 aromatic carbocycles. The molecule has 1 rings (SSSR count). The summed E-state index contributed by atoms with van der Waals surface area (Å²) in [5.74, 6) is 2.73. The molecule has 0 heterocycles. The number of benzene rings is 1. The summed E-state index contributed by atoms with van der Waals surface area (Å²) in [6.45, 7) is 9.63. The average Bonchev–Trinajstić information content (AvgIpc) is 2.59. The van der Waals surface area contributed by atoms with Crippen LogP contribution in [0.25, 0.3) is 0 Å². The molecule has 0 aliphatic heterocycles. The first-order chi connectivity index (χ1) is 11.6. The number of ether oxygens (including phenoxy) is 2. The van der Waals surface area contributed by atoms with Crippen molar-refractivity contribution in [3.05, 3.63) is 29.8 Å². The fourth-order valence-corrected chi connectivity index (χ4v) is 2.32. The van der Waals surface area contributed by atoms with Gasteiger partial charge in [0.2, 0.25) is 0 Å². The van der Waals surface area contributed by atoms with Crippen molar-refractivity contribution in [1.82, 2.24) is 10.6 Å². The Morgan fingerprint density at radius 2 is 1.84 bits per heavy atom. The lowest BCUT2D eigenvalue weighted by Gasteiger charge is -2.18. The molecular weight excluding hydrogens is 429 g/mol. The number of hydrogen-bond acceptors (Lipinski definition) is 3. The Hall–Kier alpha value is -1.02. The van der Waals surface area contributed by atoms with Crippen molar-refractivity contribution in [1.29, 1.82) is 0 Å². The minimum absolute atomic E-state index is 0. The van der Waals surface area contributed by atoms with E-state index in [1.54, 1.807) is 14.2 Å². The average molecular weight is 463 g/mol. The lowest BCUT2D eigenvalue weighted by atomic mass is 10.0. The predicted molar refractivity (Wildman–Crippen MR) is 116 cm³/mol. The highest BCUT2D eigenvalue weighted by atomic mass is 127. The van der Waals surface area contributed by atoms with E-state index in [9.17, 15) is 0 Å². The number of nitrogens with zero attached hydrogens (tertiary/aromatic N) is 1. The number of guanidine groups is 1. The molecule has 1 unspecified atom stereocenters. The van der Waals surface area contributed by atoms with E-state index in [-0.39, 0.29) is 24.0 Å². The summed E-state index contributed by atoms with van der Waals surface area (Å²) < 4.78 is 11.0. The number of aliphatic imine (C=N–C) groups is 1. The molecule has 0 radical (unpaired) electrons. The van der Waals surface area contributed by atoms with Crippen LogP contribution < -0.4 is 15.4 Å². The molecule has 25 heavy (non-hydrogen) atoms. The van der Waals surface area contributed by atoms with Crippen molar-refractivity contribution in [2.75, 3.05) is 40.5 Å². The summed E-state index contributed by atoms with van der Waals surface area (Å²) in [7, 11) is 3.49. The fourth-order valence-electron chi connectivity index (χ4n) is 2.32. The fraction of sp³-hybridized carbons (Fsp3) is 0.632. The van der Waals surface area contributed by atoms with Crippen LogP contribution in [-0.4, -0.2) is 46.4 Å². The van der Waals surface area contributed by atoms with Crippen LogP contribution in [0.2, 0.25) is 0 Å². The number of para-hydroxylation sites is 1. The molecule has 0 aromatic heterocycles. The lowest BCUT2D eigenvalue weighted by molar-refractivity contribution is 0.128. The van der Waals surface area contributed by atoms with Gasteiger partial charge in [-0.15, -0.1) is 24.0 Å². The molecule has 0 fully saturated rings. The van der Waals surface area contributed by atoms with E-state index >= 15 is 0 Å². The Kier molecular flexibility index (Phi) is 13.6. The maximum absolute atomic E-state index is 5.60. The summed E-state index contributed by atoms with van der Waals surface area (Å²) >= 11 is 0. The molecule has 2 N–H and O–H groups in total. The third-order valence-corrected chi connectivity index (χ3v) is 3.85. The highest BCUT2D eigenvalue weighted by Crippen LogP contribution is 2.25. The number of rotatable bonds is 10. The Bertz CT molecular complexity index is 495. The van der Waals surface area contributed by atoms with E-state index in [0.29, 0.717) is 18.4 Å². The van der Waals surface area contributed by atoms with Gasteiger partial charge >= 0.3 is 0 Å². The number of methoxy groups -OCH3 is 1. The van der Waals surface area contributed by atoms with E-state index < -0.39 is 0 Å². The van der Waals surface area contributed by atoms with Gasteiger partial charge < -0.3 is 20.1 Å². The van der Waals surface area contributed by atoms with Crippen molar-refractivity contribution < 1.29 is 9.47 Å². The van der Waals surface area contributed by atoms with Crippen LogP contribution >= 0.6 is 24.0 Å². The Balaban J connectivity index is 0.00000576. The molecule has 1 atom stereocenters. The van der Waals surface area contributed by atoms with Crippen molar-refractivity contribution in [3.63, 3.8) is 0 Å². The standard InChI is InChI=1S/C19H33N3O2.HI/c1-15(2)10-12-24-13-11-21-19(20-4)22-14-16(3)17-8-6-7-9-18(17)23-5;/h6-9,15-16H,10-14H2,1-5H3,(H2,20,21,22);1H. The first kappa shape index (κ1) is 24.0. The van der Waals surface area contributed by atoms with E-state index in [2.05, 4.69) is 42.5 Å². The Morgan fingerprint density at radius 3 is 2.48 bits per heavy atom. The molecule has 1 aromatic rings. The summed E-state index contributed by atoms with van der Waals surface area (Å²) in [4.78, 5) is 4.25. The van der Waals surface area contributed by atoms with Crippen LogP contribution in [-0.2, 0) is 4.74 Å². The van der Waals surface area contributed by atoms with Gasteiger partial charge in [-0.05, 0) is 24.0 Å². The quantitative estimate of drug-likeness (QED) is 0.241. The van der Waals surface area contributed by atoms with Gasteiger partial charge in [0.05, 0.1) is 13.7 Å². The van der Waals surface area contributed by atoms with E-state index in [1.165, 1.54) is 5.56 Å². The molecule has 0 saturated carbocycles. The first-order valence-corrected chi connectivity index (χ1v) is 8.73. The van der Waals surface area contributed by atoms with Gasteiger partial charge in [0, 0.05) is 32.7 Å². The lowest BCUT2D eigenvalue weighted by Crippen LogP contribution is -2.40. The predicted octanol–water partition coefficient (Wildman–Crippen LogP) is 3.64. The third-order valence-electron chi connectivity index (χ3n) is 3.85. The Labute approximate surface area is 170 Å². The Morgan fingerprint density at radius 1 is 1.12 bits per heavy atom. The minimum atomic E-state index is 0.